The third kappa shape index (κ3) is 2.05. The van der Waals surface area contributed by atoms with Crippen LogP contribution in [-0.4, -0.2) is 22.2 Å². The highest BCUT2D eigenvalue weighted by Crippen LogP contribution is 2.54. The van der Waals surface area contributed by atoms with Gasteiger partial charge in [-0.25, -0.2) is 0 Å². The van der Waals surface area contributed by atoms with E-state index < -0.39 is 35.0 Å². The van der Waals surface area contributed by atoms with E-state index in [1.54, 1.807) is 0 Å². The smallest absolute Gasteiger partial charge is 0.416 e. The van der Waals surface area contributed by atoms with E-state index in [1.165, 1.54) is 0 Å². The predicted molar refractivity (Wildman–Crippen MR) is 56.5 cm³/mol. The van der Waals surface area contributed by atoms with Crippen molar-refractivity contribution in [2.45, 2.75) is 18.0 Å². The molecule has 7 heteroatoms. The lowest BCUT2D eigenvalue weighted by molar-refractivity contribution is -0.145. The Labute approximate surface area is 105 Å². The topological polar surface area (TPSA) is 74.6 Å². The van der Waals surface area contributed by atoms with Crippen molar-refractivity contribution in [3.63, 3.8) is 0 Å². The summed E-state index contributed by atoms with van der Waals surface area (Å²) in [6.45, 7) is 0. The molecule has 0 heterocycles. The molecule has 1 fully saturated rings. The third-order valence-corrected chi connectivity index (χ3v) is 3.37. The zero-order valence-electron chi connectivity index (χ0n) is 9.44. The summed E-state index contributed by atoms with van der Waals surface area (Å²) < 4.78 is 37.2. The molecule has 1 aromatic rings. The highest BCUT2D eigenvalue weighted by Gasteiger charge is 2.65. The molecule has 4 nitrogen and oxygen atoms in total. The van der Waals surface area contributed by atoms with Crippen molar-refractivity contribution in [1.82, 2.24) is 0 Å². The summed E-state index contributed by atoms with van der Waals surface area (Å²) in [5.41, 5.74) is -2.42. The Balaban J connectivity index is 2.37. The maximum absolute atomic E-state index is 12.4. The molecule has 0 amide bonds. The molecule has 0 spiro atoms. The fourth-order valence-electron chi connectivity index (χ4n) is 2.20. The number of rotatable bonds is 3. The molecular weight excluding hydrogens is 265 g/mol. The van der Waals surface area contributed by atoms with Crippen LogP contribution < -0.4 is 0 Å². The van der Waals surface area contributed by atoms with Crippen molar-refractivity contribution in [2.24, 2.45) is 5.92 Å². The highest BCUT2D eigenvalue weighted by atomic mass is 19.4. The summed E-state index contributed by atoms with van der Waals surface area (Å²) in [4.78, 5) is 22.0. The Morgan fingerprint density at radius 1 is 1.16 bits per heavy atom. The van der Waals surface area contributed by atoms with Gasteiger partial charge in [0.2, 0.25) is 0 Å². The second kappa shape index (κ2) is 3.97. The Morgan fingerprint density at radius 2 is 1.68 bits per heavy atom. The maximum atomic E-state index is 12.4. The second-order valence-corrected chi connectivity index (χ2v) is 4.45. The van der Waals surface area contributed by atoms with Gasteiger partial charge in [0, 0.05) is 0 Å². The first-order valence-electron chi connectivity index (χ1n) is 5.33. The average Bonchev–Trinajstić information content (AvgIpc) is 3.04. The van der Waals surface area contributed by atoms with E-state index in [-0.39, 0.29) is 12.0 Å². The Kier molecular flexibility index (Phi) is 2.80. The van der Waals surface area contributed by atoms with Crippen LogP contribution in [0.1, 0.15) is 17.5 Å². The van der Waals surface area contributed by atoms with Crippen LogP contribution in [0, 0.1) is 5.92 Å². The normalized spacial score (nSPS) is 25.9. The Hall–Kier alpha value is -2.05. The van der Waals surface area contributed by atoms with Gasteiger partial charge in [-0.05, 0) is 24.1 Å². The molecule has 102 valence electrons. The highest BCUT2D eigenvalue weighted by molar-refractivity contribution is 5.94. The molecule has 1 saturated carbocycles. The van der Waals surface area contributed by atoms with Crippen molar-refractivity contribution in [3.05, 3.63) is 35.4 Å². The third-order valence-electron chi connectivity index (χ3n) is 3.37. The van der Waals surface area contributed by atoms with Gasteiger partial charge >= 0.3 is 18.1 Å². The van der Waals surface area contributed by atoms with Crippen LogP contribution in [0.2, 0.25) is 0 Å². The standard InChI is InChI=1S/C12H9F3O4/c13-12(14,15)7-3-1-6(2-4-7)11(10(18)19)5-8(11)9(16)17/h1-4,8H,5H2,(H,16,17)(H,18,19). The van der Waals surface area contributed by atoms with Gasteiger partial charge in [-0.3, -0.25) is 9.59 Å². The molecule has 2 rings (SSSR count). The molecule has 2 N–H and O–H groups in total. The van der Waals surface area contributed by atoms with E-state index in [0.717, 1.165) is 24.3 Å². The molecule has 0 radical (unpaired) electrons. The zero-order valence-corrected chi connectivity index (χ0v) is 9.44. The number of hydrogen-bond acceptors (Lipinski definition) is 2. The zero-order chi connectivity index (χ0) is 14.4. The van der Waals surface area contributed by atoms with Gasteiger partial charge < -0.3 is 10.2 Å². The van der Waals surface area contributed by atoms with E-state index in [0.29, 0.717) is 0 Å². The number of carboxylic acids is 2. The van der Waals surface area contributed by atoms with Gasteiger partial charge in [-0.15, -0.1) is 0 Å². The first-order valence-corrected chi connectivity index (χ1v) is 5.33. The number of hydrogen-bond donors (Lipinski definition) is 2. The number of carbonyl (C=O) groups is 2. The molecule has 1 aliphatic carbocycles. The van der Waals surface area contributed by atoms with Crippen molar-refractivity contribution in [2.75, 3.05) is 0 Å². The lowest BCUT2D eigenvalue weighted by atomic mass is 9.92. The molecule has 2 unspecified atom stereocenters. The van der Waals surface area contributed by atoms with Gasteiger partial charge in [0.25, 0.3) is 0 Å². The summed E-state index contributed by atoms with van der Waals surface area (Å²) in [5, 5.41) is 18.0. The van der Waals surface area contributed by atoms with E-state index in [2.05, 4.69) is 0 Å². The van der Waals surface area contributed by atoms with Crippen LogP contribution in [0.25, 0.3) is 0 Å². The molecule has 2 atom stereocenters. The molecule has 19 heavy (non-hydrogen) atoms. The molecule has 1 aromatic carbocycles. The molecule has 0 aromatic heterocycles. The van der Waals surface area contributed by atoms with Gasteiger partial charge in [0.15, 0.2) is 0 Å². The van der Waals surface area contributed by atoms with E-state index in [1.807, 2.05) is 0 Å². The number of alkyl halides is 3. The second-order valence-electron chi connectivity index (χ2n) is 4.45. The maximum Gasteiger partial charge on any atom is 0.416 e. The fourth-order valence-corrected chi connectivity index (χ4v) is 2.20. The summed E-state index contributed by atoms with van der Waals surface area (Å²) >= 11 is 0. The lowest BCUT2D eigenvalue weighted by Crippen LogP contribution is -2.25. The van der Waals surface area contributed by atoms with Crippen LogP contribution >= 0.6 is 0 Å². The number of benzene rings is 1. The minimum Gasteiger partial charge on any atom is -0.481 e. The van der Waals surface area contributed by atoms with E-state index >= 15 is 0 Å². The van der Waals surface area contributed by atoms with E-state index in [4.69, 9.17) is 10.2 Å². The number of halogens is 3. The van der Waals surface area contributed by atoms with Crippen molar-refractivity contribution in [1.29, 1.82) is 0 Å². The largest absolute Gasteiger partial charge is 0.481 e. The molecule has 0 saturated heterocycles. The molecular formula is C12H9F3O4. The first kappa shape index (κ1) is 13.4. The molecule has 0 bridgehead atoms. The minimum atomic E-state index is -4.51. The number of carboxylic acid groups (broad SMARTS) is 2. The Morgan fingerprint density at radius 3 is 2.00 bits per heavy atom. The SMILES string of the molecule is O=C(O)C1CC1(C(=O)O)c1ccc(C(F)(F)F)cc1. The van der Waals surface area contributed by atoms with Crippen LogP contribution in [0.3, 0.4) is 0 Å². The molecule has 0 aliphatic heterocycles. The fraction of sp³-hybridized carbons (Fsp3) is 0.333. The summed E-state index contributed by atoms with van der Waals surface area (Å²) in [6.07, 6.45) is -4.62. The number of aliphatic carboxylic acids is 2. The Bertz CT molecular complexity index is 535. The van der Waals surface area contributed by atoms with Gasteiger partial charge in [-0.2, -0.15) is 13.2 Å². The van der Waals surface area contributed by atoms with Crippen LogP contribution in [-0.2, 0) is 21.2 Å². The van der Waals surface area contributed by atoms with E-state index in [9.17, 15) is 22.8 Å². The van der Waals surface area contributed by atoms with Gasteiger partial charge in [0.05, 0.1) is 11.5 Å². The van der Waals surface area contributed by atoms with Crippen molar-refractivity contribution < 1.29 is 33.0 Å². The average molecular weight is 274 g/mol. The predicted octanol–water partition coefficient (Wildman–Crippen LogP) is 2.13. The van der Waals surface area contributed by atoms with Gasteiger partial charge in [-0.1, -0.05) is 12.1 Å². The first-order chi connectivity index (χ1) is 8.69. The lowest BCUT2D eigenvalue weighted by Gasteiger charge is -2.13. The van der Waals surface area contributed by atoms with Crippen LogP contribution in [0.15, 0.2) is 24.3 Å². The quantitative estimate of drug-likeness (QED) is 0.885. The van der Waals surface area contributed by atoms with Crippen LogP contribution in [0.4, 0.5) is 13.2 Å². The summed E-state index contributed by atoms with van der Waals surface area (Å²) in [7, 11) is 0. The van der Waals surface area contributed by atoms with Crippen molar-refractivity contribution >= 4 is 11.9 Å². The minimum absolute atomic E-state index is 0.0837. The van der Waals surface area contributed by atoms with Crippen molar-refractivity contribution in [3.8, 4) is 0 Å². The monoisotopic (exact) mass is 274 g/mol. The van der Waals surface area contributed by atoms with Crippen LogP contribution in [0.5, 0.6) is 0 Å². The molecule has 1 aliphatic rings. The summed E-state index contributed by atoms with van der Waals surface area (Å²) in [6, 6.07) is 3.58. The summed E-state index contributed by atoms with van der Waals surface area (Å²) in [5.74, 6) is -3.69. The van der Waals surface area contributed by atoms with Gasteiger partial charge in [0.1, 0.15) is 5.41 Å².